The summed E-state index contributed by atoms with van der Waals surface area (Å²) in [7, 11) is 0. The maximum atomic E-state index is 5.66. The SMILES string of the molecule is CCC(N)C#Cc1ccc(C)nc1. The summed E-state index contributed by atoms with van der Waals surface area (Å²) in [5.41, 5.74) is 7.59. The van der Waals surface area contributed by atoms with Gasteiger partial charge in [0.2, 0.25) is 0 Å². The lowest BCUT2D eigenvalue weighted by Crippen LogP contribution is -2.15. The van der Waals surface area contributed by atoms with Gasteiger partial charge in [0.25, 0.3) is 0 Å². The number of hydrogen-bond donors (Lipinski definition) is 1. The molecule has 0 aliphatic carbocycles. The van der Waals surface area contributed by atoms with Crippen LogP contribution in [0.3, 0.4) is 0 Å². The van der Waals surface area contributed by atoms with Gasteiger partial charge in [-0.05, 0) is 25.5 Å². The first-order valence-corrected chi connectivity index (χ1v) is 4.42. The number of pyridine rings is 1. The van der Waals surface area contributed by atoms with Crippen LogP contribution in [0.25, 0.3) is 0 Å². The van der Waals surface area contributed by atoms with Crippen LogP contribution in [0.15, 0.2) is 18.3 Å². The van der Waals surface area contributed by atoms with Crippen LogP contribution in [0, 0.1) is 18.8 Å². The summed E-state index contributed by atoms with van der Waals surface area (Å²) in [6.45, 7) is 3.97. The second-order valence-corrected chi connectivity index (χ2v) is 2.97. The molecule has 1 atom stereocenters. The molecule has 2 N–H and O–H groups in total. The van der Waals surface area contributed by atoms with Crippen LogP contribution in [-0.2, 0) is 0 Å². The Balaban J connectivity index is 2.72. The molecular weight excluding hydrogens is 160 g/mol. The van der Waals surface area contributed by atoms with Crippen LogP contribution in [0.1, 0.15) is 24.6 Å². The molecule has 2 nitrogen and oxygen atoms in total. The summed E-state index contributed by atoms with van der Waals surface area (Å²) in [5, 5.41) is 0. The molecule has 0 aromatic carbocycles. The van der Waals surface area contributed by atoms with Crippen LogP contribution in [0.2, 0.25) is 0 Å². The first-order chi connectivity index (χ1) is 6.22. The van der Waals surface area contributed by atoms with Crippen molar-refractivity contribution in [3.8, 4) is 11.8 Å². The molecule has 0 aliphatic heterocycles. The molecule has 0 aliphatic rings. The van der Waals surface area contributed by atoms with Crippen molar-refractivity contribution in [1.82, 2.24) is 4.98 Å². The van der Waals surface area contributed by atoms with Gasteiger partial charge in [-0.1, -0.05) is 18.8 Å². The standard InChI is InChI=1S/C11H14N2/c1-3-11(12)7-6-10-5-4-9(2)13-8-10/h4-5,8,11H,3,12H2,1-2H3. The van der Waals surface area contributed by atoms with Crippen LogP contribution < -0.4 is 5.73 Å². The molecule has 0 saturated heterocycles. The van der Waals surface area contributed by atoms with Gasteiger partial charge < -0.3 is 5.73 Å². The fourth-order valence-electron chi connectivity index (χ4n) is 0.820. The first kappa shape index (κ1) is 9.76. The van der Waals surface area contributed by atoms with Crippen LogP contribution >= 0.6 is 0 Å². The van der Waals surface area contributed by atoms with Crippen molar-refractivity contribution >= 4 is 0 Å². The highest BCUT2D eigenvalue weighted by atomic mass is 14.6. The minimum Gasteiger partial charge on any atom is -0.318 e. The fourth-order valence-corrected chi connectivity index (χ4v) is 0.820. The van der Waals surface area contributed by atoms with Gasteiger partial charge in [0.15, 0.2) is 0 Å². The Morgan fingerprint density at radius 1 is 1.54 bits per heavy atom. The Morgan fingerprint density at radius 2 is 2.31 bits per heavy atom. The molecule has 1 aromatic rings. The molecule has 0 saturated carbocycles. The van der Waals surface area contributed by atoms with Gasteiger partial charge in [-0.15, -0.1) is 0 Å². The van der Waals surface area contributed by atoms with Crippen molar-refractivity contribution in [2.24, 2.45) is 5.73 Å². The summed E-state index contributed by atoms with van der Waals surface area (Å²) in [5.74, 6) is 5.94. The summed E-state index contributed by atoms with van der Waals surface area (Å²) >= 11 is 0. The fraction of sp³-hybridized carbons (Fsp3) is 0.364. The van der Waals surface area contributed by atoms with Gasteiger partial charge in [-0.3, -0.25) is 4.98 Å². The molecular formula is C11H14N2. The van der Waals surface area contributed by atoms with Gasteiger partial charge in [0, 0.05) is 17.5 Å². The molecule has 0 bridgehead atoms. The van der Waals surface area contributed by atoms with Crippen LogP contribution in [0.4, 0.5) is 0 Å². The zero-order chi connectivity index (χ0) is 9.68. The summed E-state index contributed by atoms with van der Waals surface area (Å²) in [6, 6.07) is 3.88. The van der Waals surface area contributed by atoms with Gasteiger partial charge in [-0.25, -0.2) is 0 Å². The summed E-state index contributed by atoms with van der Waals surface area (Å²) in [4.78, 5) is 4.14. The number of aromatic nitrogens is 1. The average Bonchev–Trinajstić information content (AvgIpc) is 2.16. The predicted molar refractivity (Wildman–Crippen MR) is 54.1 cm³/mol. The van der Waals surface area contributed by atoms with Gasteiger partial charge in [0.1, 0.15) is 0 Å². The largest absolute Gasteiger partial charge is 0.318 e. The zero-order valence-corrected chi connectivity index (χ0v) is 8.04. The van der Waals surface area contributed by atoms with Gasteiger partial charge in [0.05, 0.1) is 6.04 Å². The van der Waals surface area contributed by atoms with E-state index < -0.39 is 0 Å². The van der Waals surface area contributed by atoms with Crippen molar-refractivity contribution in [1.29, 1.82) is 0 Å². The highest BCUT2D eigenvalue weighted by Crippen LogP contribution is 1.96. The topological polar surface area (TPSA) is 38.9 Å². The second kappa shape index (κ2) is 4.64. The molecule has 0 fully saturated rings. The third-order valence-corrected chi connectivity index (χ3v) is 1.75. The number of nitrogens with zero attached hydrogens (tertiary/aromatic N) is 1. The highest BCUT2D eigenvalue weighted by Gasteiger charge is 1.90. The van der Waals surface area contributed by atoms with Crippen molar-refractivity contribution in [3.63, 3.8) is 0 Å². The molecule has 1 heterocycles. The lowest BCUT2D eigenvalue weighted by molar-refractivity contribution is 0.806. The molecule has 0 radical (unpaired) electrons. The van der Waals surface area contributed by atoms with Crippen molar-refractivity contribution < 1.29 is 0 Å². The summed E-state index contributed by atoms with van der Waals surface area (Å²) < 4.78 is 0. The number of aryl methyl sites for hydroxylation is 1. The molecule has 1 aromatic heterocycles. The number of hydrogen-bond acceptors (Lipinski definition) is 2. The Labute approximate surface area is 79.2 Å². The minimum atomic E-state index is -0.0266. The lowest BCUT2D eigenvalue weighted by Gasteiger charge is -1.95. The molecule has 0 amide bonds. The van der Waals surface area contributed by atoms with E-state index in [1.807, 2.05) is 26.0 Å². The van der Waals surface area contributed by atoms with Gasteiger partial charge >= 0.3 is 0 Å². The Hall–Kier alpha value is -1.33. The summed E-state index contributed by atoms with van der Waals surface area (Å²) in [6.07, 6.45) is 2.65. The molecule has 0 spiro atoms. The van der Waals surface area contributed by atoms with Crippen molar-refractivity contribution in [2.45, 2.75) is 26.3 Å². The third kappa shape index (κ3) is 3.27. The van der Waals surface area contributed by atoms with E-state index in [0.29, 0.717) is 0 Å². The maximum absolute atomic E-state index is 5.66. The van der Waals surface area contributed by atoms with E-state index in [1.54, 1.807) is 6.20 Å². The third-order valence-electron chi connectivity index (χ3n) is 1.75. The van der Waals surface area contributed by atoms with Crippen LogP contribution in [0.5, 0.6) is 0 Å². The first-order valence-electron chi connectivity index (χ1n) is 4.42. The minimum absolute atomic E-state index is 0.0266. The smallest absolute Gasteiger partial charge is 0.0665 e. The maximum Gasteiger partial charge on any atom is 0.0665 e. The number of rotatable bonds is 1. The van der Waals surface area contributed by atoms with E-state index in [4.69, 9.17) is 5.73 Å². The lowest BCUT2D eigenvalue weighted by atomic mass is 10.2. The van der Waals surface area contributed by atoms with Crippen LogP contribution in [-0.4, -0.2) is 11.0 Å². The van der Waals surface area contributed by atoms with E-state index in [2.05, 4.69) is 16.8 Å². The normalized spacial score (nSPS) is 11.6. The van der Waals surface area contributed by atoms with E-state index in [1.165, 1.54) is 0 Å². The van der Waals surface area contributed by atoms with E-state index in [-0.39, 0.29) is 6.04 Å². The van der Waals surface area contributed by atoms with Crippen molar-refractivity contribution in [3.05, 3.63) is 29.6 Å². The Kier molecular flexibility index (Phi) is 3.48. The highest BCUT2D eigenvalue weighted by molar-refractivity contribution is 5.33. The molecule has 1 unspecified atom stereocenters. The molecule has 68 valence electrons. The Bertz CT molecular complexity index is 316. The molecule has 13 heavy (non-hydrogen) atoms. The van der Waals surface area contributed by atoms with Gasteiger partial charge in [-0.2, -0.15) is 0 Å². The second-order valence-electron chi connectivity index (χ2n) is 2.97. The van der Waals surface area contributed by atoms with E-state index >= 15 is 0 Å². The van der Waals surface area contributed by atoms with Crippen molar-refractivity contribution in [2.75, 3.05) is 0 Å². The quantitative estimate of drug-likeness (QED) is 0.655. The monoisotopic (exact) mass is 174 g/mol. The molecule has 1 rings (SSSR count). The average molecular weight is 174 g/mol. The Morgan fingerprint density at radius 3 is 2.85 bits per heavy atom. The molecule has 2 heteroatoms. The van der Waals surface area contributed by atoms with E-state index in [9.17, 15) is 0 Å². The predicted octanol–water partition coefficient (Wildman–Crippen LogP) is 1.48. The zero-order valence-electron chi connectivity index (χ0n) is 8.04. The van der Waals surface area contributed by atoms with E-state index in [0.717, 1.165) is 17.7 Å². The number of nitrogens with two attached hydrogens (primary N) is 1.